The smallest absolute Gasteiger partial charge is 0.233 e. The summed E-state index contributed by atoms with van der Waals surface area (Å²) in [5.74, 6) is 0.996. The van der Waals surface area contributed by atoms with Gasteiger partial charge in [0.15, 0.2) is 0 Å². The van der Waals surface area contributed by atoms with E-state index in [4.69, 9.17) is 0 Å². The third-order valence-corrected chi connectivity index (χ3v) is 5.98. The first-order valence-electron chi connectivity index (χ1n) is 8.36. The van der Waals surface area contributed by atoms with E-state index in [2.05, 4.69) is 22.9 Å². The number of thioether (sulfide) groups is 1. The molecule has 1 fully saturated rings. The highest BCUT2D eigenvalue weighted by molar-refractivity contribution is 8.00. The zero-order chi connectivity index (χ0) is 17.4. The SMILES string of the molecule is Cn1cc(C2SCC(=O)N2CCc2ccc(O)cc2)c2ccccc21. The number of nitrogens with zero attached hydrogens (tertiary/aromatic N) is 2. The van der Waals surface area contributed by atoms with E-state index in [0.717, 1.165) is 12.0 Å². The molecule has 25 heavy (non-hydrogen) atoms. The van der Waals surface area contributed by atoms with Gasteiger partial charge in [0.1, 0.15) is 11.1 Å². The Labute approximate surface area is 151 Å². The molecule has 1 aliphatic heterocycles. The minimum atomic E-state index is 0.0655. The maximum Gasteiger partial charge on any atom is 0.233 e. The summed E-state index contributed by atoms with van der Waals surface area (Å²) in [5, 5.41) is 10.7. The van der Waals surface area contributed by atoms with Crippen molar-refractivity contribution in [2.75, 3.05) is 12.3 Å². The number of phenols is 1. The number of fused-ring (bicyclic) bond motifs is 1. The summed E-state index contributed by atoms with van der Waals surface area (Å²) in [6, 6.07) is 15.5. The lowest BCUT2D eigenvalue weighted by Gasteiger charge is -2.24. The Balaban J connectivity index is 1.60. The molecule has 1 aliphatic rings. The number of amides is 1. The van der Waals surface area contributed by atoms with Crippen molar-refractivity contribution in [3.05, 3.63) is 65.9 Å². The van der Waals surface area contributed by atoms with E-state index in [-0.39, 0.29) is 17.0 Å². The van der Waals surface area contributed by atoms with Crippen LogP contribution in [-0.4, -0.2) is 32.8 Å². The Morgan fingerprint density at radius 1 is 1.16 bits per heavy atom. The molecule has 1 amide bonds. The van der Waals surface area contributed by atoms with Gasteiger partial charge in [-0.05, 0) is 30.2 Å². The highest BCUT2D eigenvalue weighted by atomic mass is 32.2. The summed E-state index contributed by atoms with van der Waals surface area (Å²) < 4.78 is 2.13. The number of aryl methyl sites for hydroxylation is 1. The summed E-state index contributed by atoms with van der Waals surface area (Å²) in [6.07, 6.45) is 2.93. The maximum absolute atomic E-state index is 12.4. The Bertz CT molecular complexity index is 917. The zero-order valence-corrected chi connectivity index (χ0v) is 14.9. The number of para-hydroxylation sites is 1. The minimum Gasteiger partial charge on any atom is -0.508 e. The lowest BCUT2D eigenvalue weighted by molar-refractivity contribution is -0.128. The quantitative estimate of drug-likeness (QED) is 0.779. The number of rotatable bonds is 4. The third-order valence-electron chi connectivity index (χ3n) is 4.74. The van der Waals surface area contributed by atoms with Crippen LogP contribution in [0.2, 0.25) is 0 Å². The predicted molar refractivity (Wildman–Crippen MR) is 102 cm³/mol. The Morgan fingerprint density at radius 3 is 2.72 bits per heavy atom. The van der Waals surface area contributed by atoms with Crippen LogP contribution in [0.25, 0.3) is 10.9 Å². The van der Waals surface area contributed by atoms with Crippen molar-refractivity contribution in [3.8, 4) is 5.75 Å². The molecule has 1 aromatic heterocycles. The number of benzene rings is 2. The van der Waals surface area contributed by atoms with Gasteiger partial charge in [0, 0.05) is 36.3 Å². The van der Waals surface area contributed by atoms with E-state index in [1.54, 1.807) is 23.9 Å². The molecule has 4 nitrogen and oxygen atoms in total. The molecule has 0 bridgehead atoms. The number of carbonyl (C=O) groups is 1. The van der Waals surface area contributed by atoms with Crippen molar-refractivity contribution in [1.82, 2.24) is 9.47 Å². The number of hydrogen-bond acceptors (Lipinski definition) is 3. The number of aromatic hydroxyl groups is 1. The second-order valence-corrected chi connectivity index (χ2v) is 7.45. The van der Waals surface area contributed by atoms with Gasteiger partial charge in [-0.2, -0.15) is 0 Å². The van der Waals surface area contributed by atoms with Crippen LogP contribution in [0, 0.1) is 0 Å². The highest BCUT2D eigenvalue weighted by Crippen LogP contribution is 2.42. The summed E-state index contributed by atoms with van der Waals surface area (Å²) in [6.45, 7) is 0.685. The van der Waals surface area contributed by atoms with Gasteiger partial charge in [-0.15, -0.1) is 11.8 Å². The molecule has 1 unspecified atom stereocenters. The highest BCUT2D eigenvalue weighted by Gasteiger charge is 2.34. The molecule has 4 rings (SSSR count). The number of aromatic nitrogens is 1. The van der Waals surface area contributed by atoms with E-state index in [0.29, 0.717) is 12.3 Å². The number of hydrogen-bond donors (Lipinski definition) is 1. The molecular weight excluding hydrogens is 332 g/mol. The van der Waals surface area contributed by atoms with Crippen molar-refractivity contribution in [2.24, 2.45) is 7.05 Å². The second kappa shape index (κ2) is 6.48. The monoisotopic (exact) mass is 352 g/mol. The normalized spacial score (nSPS) is 17.6. The fourth-order valence-corrected chi connectivity index (χ4v) is 4.67. The van der Waals surface area contributed by atoms with E-state index >= 15 is 0 Å². The van der Waals surface area contributed by atoms with Crippen LogP contribution < -0.4 is 0 Å². The van der Waals surface area contributed by atoms with E-state index in [1.165, 1.54) is 16.5 Å². The Morgan fingerprint density at radius 2 is 1.92 bits per heavy atom. The first-order chi connectivity index (χ1) is 12.1. The lowest BCUT2D eigenvalue weighted by atomic mass is 10.1. The van der Waals surface area contributed by atoms with Crippen LogP contribution in [0.15, 0.2) is 54.7 Å². The number of carbonyl (C=O) groups excluding carboxylic acids is 1. The Kier molecular flexibility index (Phi) is 4.17. The van der Waals surface area contributed by atoms with Gasteiger partial charge in [0.05, 0.1) is 5.75 Å². The largest absolute Gasteiger partial charge is 0.508 e. The van der Waals surface area contributed by atoms with Gasteiger partial charge in [0.25, 0.3) is 0 Å². The average molecular weight is 352 g/mol. The van der Waals surface area contributed by atoms with Gasteiger partial charge in [-0.3, -0.25) is 4.79 Å². The van der Waals surface area contributed by atoms with Crippen LogP contribution in [0.1, 0.15) is 16.5 Å². The molecule has 5 heteroatoms. The maximum atomic E-state index is 12.4. The fraction of sp³-hybridized carbons (Fsp3) is 0.250. The molecule has 128 valence electrons. The van der Waals surface area contributed by atoms with Crippen LogP contribution >= 0.6 is 11.8 Å². The summed E-state index contributed by atoms with van der Waals surface area (Å²) in [4.78, 5) is 14.4. The summed E-state index contributed by atoms with van der Waals surface area (Å²) in [5.41, 5.74) is 3.52. The van der Waals surface area contributed by atoms with Gasteiger partial charge in [0.2, 0.25) is 5.91 Å². The second-order valence-electron chi connectivity index (χ2n) is 6.38. The van der Waals surface area contributed by atoms with Crippen LogP contribution in [0.5, 0.6) is 5.75 Å². The topological polar surface area (TPSA) is 45.5 Å². The first-order valence-corrected chi connectivity index (χ1v) is 9.41. The minimum absolute atomic E-state index is 0.0655. The van der Waals surface area contributed by atoms with E-state index in [1.807, 2.05) is 36.2 Å². The van der Waals surface area contributed by atoms with Crippen molar-refractivity contribution in [2.45, 2.75) is 11.8 Å². The zero-order valence-electron chi connectivity index (χ0n) is 14.1. The molecule has 3 aromatic rings. The van der Waals surface area contributed by atoms with E-state index < -0.39 is 0 Å². The molecule has 0 radical (unpaired) electrons. The lowest BCUT2D eigenvalue weighted by Crippen LogP contribution is -2.30. The summed E-state index contributed by atoms with van der Waals surface area (Å²) >= 11 is 1.70. The Hall–Kier alpha value is -2.40. The molecule has 0 spiro atoms. The van der Waals surface area contributed by atoms with E-state index in [9.17, 15) is 9.90 Å². The fourth-order valence-electron chi connectivity index (χ4n) is 3.44. The molecule has 2 heterocycles. The van der Waals surface area contributed by atoms with Gasteiger partial charge in [-0.25, -0.2) is 0 Å². The first kappa shape index (κ1) is 16.1. The van der Waals surface area contributed by atoms with Gasteiger partial charge < -0.3 is 14.6 Å². The van der Waals surface area contributed by atoms with Crippen molar-refractivity contribution in [3.63, 3.8) is 0 Å². The molecule has 2 aromatic carbocycles. The molecule has 1 N–H and O–H groups in total. The van der Waals surface area contributed by atoms with Crippen molar-refractivity contribution in [1.29, 1.82) is 0 Å². The average Bonchev–Trinajstić information content (AvgIpc) is 3.15. The molecule has 1 atom stereocenters. The van der Waals surface area contributed by atoms with Crippen LogP contribution in [0.4, 0.5) is 0 Å². The van der Waals surface area contributed by atoms with Crippen molar-refractivity contribution >= 4 is 28.6 Å². The molecular formula is C20H20N2O2S. The van der Waals surface area contributed by atoms with Gasteiger partial charge >= 0.3 is 0 Å². The summed E-state index contributed by atoms with van der Waals surface area (Å²) in [7, 11) is 2.05. The third kappa shape index (κ3) is 3.00. The number of phenolic OH excluding ortho intramolecular Hbond substituents is 1. The standard InChI is InChI=1S/C20H20N2O2S/c1-21-12-17(16-4-2-3-5-18(16)21)20-22(19(24)13-25-20)11-10-14-6-8-15(23)9-7-14/h2-9,12,20,23H,10-11,13H2,1H3. The predicted octanol–water partition coefficient (Wildman–Crippen LogP) is 3.70. The molecule has 0 saturated carbocycles. The molecule has 0 aliphatic carbocycles. The molecule has 1 saturated heterocycles. The van der Waals surface area contributed by atoms with Crippen LogP contribution in [-0.2, 0) is 18.3 Å². The van der Waals surface area contributed by atoms with Gasteiger partial charge in [-0.1, -0.05) is 30.3 Å². The van der Waals surface area contributed by atoms with Crippen molar-refractivity contribution < 1.29 is 9.90 Å². The van der Waals surface area contributed by atoms with Crippen LogP contribution in [0.3, 0.4) is 0 Å².